The summed E-state index contributed by atoms with van der Waals surface area (Å²) in [6, 6.07) is 8.23. The van der Waals surface area contributed by atoms with E-state index in [1.165, 1.54) is 0 Å². The minimum Gasteiger partial charge on any atom is -0.331 e. The Labute approximate surface area is 162 Å². The first kappa shape index (κ1) is 18.1. The molecule has 1 atom stereocenters. The lowest BCUT2D eigenvalue weighted by molar-refractivity contribution is 0.0735. The number of rotatable bonds is 4. The Hall–Kier alpha value is -2.32. The van der Waals surface area contributed by atoms with Gasteiger partial charge in [-0.3, -0.25) is 4.79 Å². The number of hydrogen-bond donors (Lipinski definition) is 1. The highest BCUT2D eigenvalue weighted by Crippen LogP contribution is 2.30. The Morgan fingerprint density at radius 3 is 2.81 bits per heavy atom. The van der Waals surface area contributed by atoms with Crippen molar-refractivity contribution in [2.75, 3.05) is 20.1 Å². The van der Waals surface area contributed by atoms with Gasteiger partial charge in [-0.05, 0) is 51.9 Å². The van der Waals surface area contributed by atoms with Crippen molar-refractivity contribution in [3.63, 3.8) is 0 Å². The molecule has 142 valence electrons. The third-order valence-electron chi connectivity index (χ3n) is 5.35. The molecule has 0 saturated carbocycles. The van der Waals surface area contributed by atoms with Crippen molar-refractivity contribution in [3.05, 3.63) is 40.7 Å². The van der Waals surface area contributed by atoms with Gasteiger partial charge in [0.25, 0.3) is 5.91 Å². The largest absolute Gasteiger partial charge is 0.331 e. The van der Waals surface area contributed by atoms with E-state index < -0.39 is 0 Å². The molecule has 1 aromatic carbocycles. The first-order valence-electron chi connectivity index (χ1n) is 9.31. The van der Waals surface area contributed by atoms with Gasteiger partial charge in [-0.2, -0.15) is 0 Å². The fourth-order valence-corrected chi connectivity index (χ4v) is 4.58. The van der Waals surface area contributed by atoms with Crippen molar-refractivity contribution in [2.45, 2.75) is 38.8 Å². The third-order valence-corrected chi connectivity index (χ3v) is 6.56. The van der Waals surface area contributed by atoms with Crippen LogP contribution in [0, 0.1) is 6.92 Å². The average molecular weight is 385 g/mol. The smallest absolute Gasteiger partial charge is 0.276 e. The lowest BCUT2D eigenvalue weighted by atomic mass is 10.1. The standard InChI is InChI=1S/C19H24N6OS/c1-12-17(22-23-25(12)14-8-10-20-11-9-14)19(26)24(3)13(2)18-21-15-6-4-5-7-16(15)27-18/h4-7,13-14,20H,8-11H2,1-3H3. The maximum absolute atomic E-state index is 13.1. The van der Waals surface area contributed by atoms with E-state index in [4.69, 9.17) is 0 Å². The monoisotopic (exact) mass is 384 g/mol. The molecule has 0 aliphatic carbocycles. The van der Waals surface area contributed by atoms with Crippen LogP contribution in [0.2, 0.25) is 0 Å². The van der Waals surface area contributed by atoms with Gasteiger partial charge in [-0.1, -0.05) is 17.3 Å². The molecule has 0 bridgehead atoms. The number of carbonyl (C=O) groups excluding carboxylic acids is 1. The van der Waals surface area contributed by atoms with Gasteiger partial charge in [-0.15, -0.1) is 16.4 Å². The van der Waals surface area contributed by atoms with Crippen molar-refractivity contribution in [2.24, 2.45) is 0 Å². The van der Waals surface area contributed by atoms with E-state index in [1.54, 1.807) is 16.2 Å². The maximum atomic E-state index is 13.1. The van der Waals surface area contributed by atoms with Crippen LogP contribution < -0.4 is 5.32 Å². The molecule has 3 aromatic rings. The number of fused-ring (bicyclic) bond motifs is 1. The van der Waals surface area contributed by atoms with Crippen LogP contribution in [0.3, 0.4) is 0 Å². The van der Waals surface area contributed by atoms with Gasteiger partial charge in [0, 0.05) is 7.05 Å². The SMILES string of the molecule is Cc1c(C(=O)N(C)C(C)c2nc3ccccc3s2)nnn1C1CCNCC1. The van der Waals surface area contributed by atoms with Crippen LogP contribution in [0.1, 0.15) is 53.0 Å². The van der Waals surface area contributed by atoms with Crippen molar-refractivity contribution < 1.29 is 4.79 Å². The Morgan fingerprint density at radius 2 is 2.07 bits per heavy atom. The zero-order chi connectivity index (χ0) is 19.0. The molecule has 1 unspecified atom stereocenters. The molecule has 0 radical (unpaired) electrons. The van der Waals surface area contributed by atoms with E-state index in [1.807, 2.05) is 43.8 Å². The number of thiazole rings is 1. The van der Waals surface area contributed by atoms with Crippen LogP contribution >= 0.6 is 11.3 Å². The summed E-state index contributed by atoms with van der Waals surface area (Å²) in [6.45, 7) is 5.89. The molecule has 7 nitrogen and oxygen atoms in total. The van der Waals surface area contributed by atoms with E-state index in [0.717, 1.165) is 46.8 Å². The van der Waals surface area contributed by atoms with E-state index in [2.05, 4.69) is 26.7 Å². The molecule has 3 heterocycles. The Morgan fingerprint density at radius 1 is 1.33 bits per heavy atom. The zero-order valence-corrected chi connectivity index (χ0v) is 16.7. The van der Waals surface area contributed by atoms with Gasteiger partial charge in [0.2, 0.25) is 0 Å². The second kappa shape index (κ2) is 7.36. The number of piperidine rings is 1. The van der Waals surface area contributed by atoms with Crippen LogP contribution in [0.4, 0.5) is 0 Å². The number of benzene rings is 1. The molecule has 4 rings (SSSR count). The van der Waals surface area contributed by atoms with Crippen LogP contribution in [-0.4, -0.2) is 50.9 Å². The number of amides is 1. The van der Waals surface area contributed by atoms with Gasteiger partial charge in [-0.25, -0.2) is 9.67 Å². The Bertz CT molecular complexity index is 925. The molecule has 2 aromatic heterocycles. The molecule has 1 aliphatic heterocycles. The second-order valence-electron chi connectivity index (χ2n) is 7.06. The lowest BCUT2D eigenvalue weighted by Gasteiger charge is -2.24. The normalized spacial score (nSPS) is 16.6. The fraction of sp³-hybridized carbons (Fsp3) is 0.474. The number of aromatic nitrogens is 4. The molecular weight excluding hydrogens is 360 g/mol. The lowest BCUT2D eigenvalue weighted by Crippen LogP contribution is -2.31. The number of carbonyl (C=O) groups is 1. The minimum atomic E-state index is -0.127. The van der Waals surface area contributed by atoms with Crippen LogP contribution in [0.15, 0.2) is 24.3 Å². The van der Waals surface area contributed by atoms with Gasteiger partial charge in [0.15, 0.2) is 5.69 Å². The summed E-state index contributed by atoms with van der Waals surface area (Å²) in [6.07, 6.45) is 2.02. The third kappa shape index (κ3) is 3.35. The van der Waals surface area contributed by atoms with Crippen LogP contribution in [-0.2, 0) is 0 Å². The first-order valence-corrected chi connectivity index (χ1v) is 10.1. The van der Waals surface area contributed by atoms with Gasteiger partial charge >= 0.3 is 0 Å². The van der Waals surface area contributed by atoms with Crippen molar-refractivity contribution >= 4 is 27.5 Å². The highest BCUT2D eigenvalue weighted by Gasteiger charge is 2.28. The Balaban J connectivity index is 1.55. The van der Waals surface area contributed by atoms with Gasteiger partial charge < -0.3 is 10.2 Å². The van der Waals surface area contributed by atoms with Crippen molar-refractivity contribution in [1.29, 1.82) is 0 Å². The Kier molecular flexibility index (Phi) is 4.92. The molecular formula is C19H24N6OS. The zero-order valence-electron chi connectivity index (χ0n) is 15.8. The number of nitrogens with zero attached hydrogens (tertiary/aromatic N) is 5. The molecule has 1 N–H and O–H groups in total. The molecule has 27 heavy (non-hydrogen) atoms. The number of para-hydroxylation sites is 1. The summed E-state index contributed by atoms with van der Waals surface area (Å²) in [5.41, 5.74) is 2.25. The highest BCUT2D eigenvalue weighted by atomic mass is 32.1. The predicted molar refractivity (Wildman–Crippen MR) is 106 cm³/mol. The van der Waals surface area contributed by atoms with Crippen LogP contribution in [0.5, 0.6) is 0 Å². The van der Waals surface area contributed by atoms with E-state index in [-0.39, 0.29) is 11.9 Å². The van der Waals surface area contributed by atoms with Crippen molar-refractivity contribution in [3.8, 4) is 0 Å². The van der Waals surface area contributed by atoms with Crippen LogP contribution in [0.25, 0.3) is 10.2 Å². The van der Waals surface area contributed by atoms with E-state index >= 15 is 0 Å². The summed E-state index contributed by atoms with van der Waals surface area (Å²) in [7, 11) is 1.81. The maximum Gasteiger partial charge on any atom is 0.276 e. The first-order chi connectivity index (χ1) is 13.1. The molecule has 8 heteroatoms. The molecule has 1 fully saturated rings. The highest BCUT2D eigenvalue weighted by molar-refractivity contribution is 7.18. The predicted octanol–water partition coefficient (Wildman–Crippen LogP) is 2.95. The average Bonchev–Trinajstić information content (AvgIpc) is 3.30. The number of nitrogens with one attached hydrogen (secondary N) is 1. The minimum absolute atomic E-state index is 0.112. The topological polar surface area (TPSA) is 75.9 Å². The summed E-state index contributed by atoms with van der Waals surface area (Å²) in [4.78, 5) is 19.5. The molecule has 1 aliphatic rings. The quantitative estimate of drug-likeness (QED) is 0.748. The fourth-order valence-electron chi connectivity index (χ4n) is 3.51. The molecule has 1 saturated heterocycles. The van der Waals surface area contributed by atoms with E-state index in [0.29, 0.717) is 11.7 Å². The summed E-state index contributed by atoms with van der Waals surface area (Å²) < 4.78 is 3.05. The second-order valence-corrected chi connectivity index (χ2v) is 8.12. The summed E-state index contributed by atoms with van der Waals surface area (Å²) >= 11 is 1.63. The molecule has 0 spiro atoms. The van der Waals surface area contributed by atoms with Gasteiger partial charge in [0.1, 0.15) is 5.01 Å². The molecule has 1 amide bonds. The van der Waals surface area contributed by atoms with E-state index in [9.17, 15) is 4.79 Å². The summed E-state index contributed by atoms with van der Waals surface area (Å²) in [5, 5.41) is 12.8. The van der Waals surface area contributed by atoms with Gasteiger partial charge in [0.05, 0.1) is 28.0 Å². The number of hydrogen-bond acceptors (Lipinski definition) is 6. The summed E-state index contributed by atoms with van der Waals surface area (Å²) in [5.74, 6) is -0.112. The van der Waals surface area contributed by atoms with Crippen molar-refractivity contribution in [1.82, 2.24) is 30.2 Å².